The van der Waals surface area contributed by atoms with Gasteiger partial charge >= 0.3 is 6.03 Å². The first kappa shape index (κ1) is 27.1. The summed E-state index contributed by atoms with van der Waals surface area (Å²) in [5, 5.41) is 15.2. The number of anilines is 1. The van der Waals surface area contributed by atoms with Crippen LogP contribution in [0.15, 0.2) is 59.1 Å². The number of amides is 2. The summed E-state index contributed by atoms with van der Waals surface area (Å²) >= 11 is 0. The van der Waals surface area contributed by atoms with Crippen molar-refractivity contribution in [3.8, 4) is 11.6 Å². The molecule has 0 saturated carbocycles. The lowest BCUT2D eigenvalue weighted by Crippen LogP contribution is -2.51. The van der Waals surface area contributed by atoms with Crippen molar-refractivity contribution < 1.29 is 22.8 Å². The Balaban J connectivity index is 1.22. The van der Waals surface area contributed by atoms with E-state index in [9.17, 15) is 18.4 Å². The van der Waals surface area contributed by atoms with Crippen LogP contribution in [0.5, 0.6) is 0 Å². The van der Waals surface area contributed by atoms with Crippen LogP contribution in [0, 0.1) is 0 Å². The van der Waals surface area contributed by atoms with E-state index in [0.717, 1.165) is 10.1 Å². The third-order valence-electron chi connectivity index (χ3n) is 6.90. The molecule has 0 spiro atoms. The molecule has 1 atom stereocenters. The minimum atomic E-state index is -3.01. The molecule has 1 N–H and O–H groups in total. The van der Waals surface area contributed by atoms with Gasteiger partial charge in [-0.05, 0) is 29.0 Å². The highest BCUT2D eigenvalue weighted by molar-refractivity contribution is 5.91. The Morgan fingerprint density at radius 3 is 2.45 bits per heavy atom. The van der Waals surface area contributed by atoms with Crippen molar-refractivity contribution in [2.24, 2.45) is 7.05 Å². The summed E-state index contributed by atoms with van der Waals surface area (Å²) in [5.41, 5.74) is 2.25. The minimum absolute atomic E-state index is 0.00701. The van der Waals surface area contributed by atoms with Crippen LogP contribution in [-0.4, -0.2) is 82.7 Å². The van der Waals surface area contributed by atoms with Gasteiger partial charge in [0.1, 0.15) is 11.2 Å². The molecule has 216 valence electrons. The summed E-state index contributed by atoms with van der Waals surface area (Å²) in [6, 6.07) is 13.7. The van der Waals surface area contributed by atoms with Crippen LogP contribution in [0.4, 0.5) is 19.3 Å². The molecule has 1 unspecified atom stereocenters. The van der Waals surface area contributed by atoms with Crippen molar-refractivity contribution in [1.82, 2.24) is 44.5 Å². The lowest BCUT2D eigenvalue weighted by molar-refractivity contribution is -0.114. The molecule has 2 aromatic carbocycles. The van der Waals surface area contributed by atoms with Crippen LogP contribution < -0.4 is 5.32 Å². The molecule has 1 aliphatic rings. The number of carbonyl (C=O) groups is 2. The second kappa shape index (κ2) is 11.1. The molecule has 5 aromatic rings. The number of piperazine rings is 1. The van der Waals surface area contributed by atoms with Gasteiger partial charge in [0.25, 0.3) is 6.43 Å². The number of fused-ring (bicyclic) bond motifs is 1. The van der Waals surface area contributed by atoms with Gasteiger partial charge in [-0.15, -0.1) is 10.2 Å². The second-order valence-electron chi connectivity index (χ2n) is 9.79. The SMILES string of the molecule is CC(=O)Nc1ccc2oc(-c3cn(C(=O)N4CCN(C(c5ccccc5)c5nnn(C)n5)CC4)c(C(F)F)n3)nc2c1. The van der Waals surface area contributed by atoms with Crippen LogP contribution in [0.3, 0.4) is 0 Å². The summed E-state index contributed by atoms with van der Waals surface area (Å²) < 4.78 is 34.6. The number of tetrazole rings is 1. The van der Waals surface area contributed by atoms with E-state index < -0.39 is 18.3 Å². The van der Waals surface area contributed by atoms with Crippen LogP contribution in [0.1, 0.15) is 36.6 Å². The molecular weight excluding hydrogens is 550 g/mol. The summed E-state index contributed by atoms with van der Waals surface area (Å²) in [4.78, 5) is 38.2. The topological polar surface area (TPSA) is 140 Å². The molecule has 1 saturated heterocycles. The maximum Gasteiger partial charge on any atom is 0.329 e. The van der Waals surface area contributed by atoms with Gasteiger partial charge in [0, 0.05) is 45.0 Å². The maximum absolute atomic E-state index is 14.0. The Hall–Kier alpha value is -5.05. The number of nitrogens with zero attached hydrogens (tertiary/aromatic N) is 9. The molecule has 6 rings (SSSR count). The second-order valence-corrected chi connectivity index (χ2v) is 9.79. The molecule has 0 aliphatic carbocycles. The van der Waals surface area contributed by atoms with E-state index in [1.54, 1.807) is 25.2 Å². The molecule has 2 amide bonds. The first-order valence-corrected chi connectivity index (χ1v) is 13.1. The first-order chi connectivity index (χ1) is 20.3. The van der Waals surface area contributed by atoms with Crippen molar-refractivity contribution in [3.05, 3.63) is 71.9 Å². The lowest BCUT2D eigenvalue weighted by Gasteiger charge is -2.38. The number of carbonyl (C=O) groups excluding carboxylic acids is 2. The Morgan fingerprint density at radius 1 is 1.02 bits per heavy atom. The van der Waals surface area contributed by atoms with E-state index in [-0.39, 0.29) is 36.6 Å². The number of alkyl halides is 2. The van der Waals surface area contributed by atoms with Gasteiger partial charge in [-0.25, -0.2) is 28.1 Å². The quantitative estimate of drug-likeness (QED) is 0.322. The zero-order chi connectivity index (χ0) is 29.4. The molecule has 0 bridgehead atoms. The van der Waals surface area contributed by atoms with Gasteiger partial charge in [-0.1, -0.05) is 30.3 Å². The third kappa shape index (κ3) is 5.33. The third-order valence-corrected chi connectivity index (χ3v) is 6.90. The normalized spacial score (nSPS) is 14.9. The molecule has 15 heteroatoms. The Kier molecular flexibility index (Phi) is 7.16. The fraction of sp³-hybridized carbons (Fsp3) is 0.296. The Bertz CT molecular complexity index is 1740. The molecule has 1 fully saturated rings. The van der Waals surface area contributed by atoms with Crippen LogP contribution >= 0.6 is 0 Å². The van der Waals surface area contributed by atoms with E-state index in [1.165, 1.54) is 22.8 Å². The number of hydrogen-bond acceptors (Lipinski definition) is 9. The predicted molar refractivity (Wildman–Crippen MR) is 146 cm³/mol. The van der Waals surface area contributed by atoms with Gasteiger partial charge in [-0.3, -0.25) is 9.69 Å². The zero-order valence-corrected chi connectivity index (χ0v) is 22.7. The summed E-state index contributed by atoms with van der Waals surface area (Å²) in [7, 11) is 1.69. The van der Waals surface area contributed by atoms with Crippen LogP contribution in [0.25, 0.3) is 22.7 Å². The van der Waals surface area contributed by atoms with Gasteiger partial charge < -0.3 is 14.6 Å². The number of nitrogens with one attached hydrogen (secondary N) is 1. The number of rotatable bonds is 6. The van der Waals surface area contributed by atoms with Crippen LogP contribution in [-0.2, 0) is 11.8 Å². The monoisotopic (exact) mass is 576 g/mol. The Morgan fingerprint density at radius 2 is 1.79 bits per heavy atom. The van der Waals surface area contributed by atoms with Gasteiger partial charge in [-0.2, -0.15) is 4.80 Å². The largest absolute Gasteiger partial charge is 0.435 e. The van der Waals surface area contributed by atoms with Crippen LogP contribution in [0.2, 0.25) is 0 Å². The highest BCUT2D eigenvalue weighted by atomic mass is 19.3. The van der Waals surface area contributed by atoms with Crippen molar-refractivity contribution in [1.29, 1.82) is 0 Å². The number of benzene rings is 2. The molecule has 0 radical (unpaired) electrons. The van der Waals surface area contributed by atoms with Gasteiger partial charge in [0.15, 0.2) is 17.2 Å². The molecular formula is C27H26F2N10O3. The molecule has 3 aromatic heterocycles. The number of halogens is 2. The molecule has 42 heavy (non-hydrogen) atoms. The highest BCUT2D eigenvalue weighted by Gasteiger charge is 2.33. The number of aromatic nitrogens is 7. The average Bonchev–Trinajstić information content (AvgIpc) is 3.71. The lowest BCUT2D eigenvalue weighted by atomic mass is 10.0. The predicted octanol–water partition coefficient (Wildman–Crippen LogP) is 3.49. The number of aryl methyl sites for hydroxylation is 1. The van der Waals surface area contributed by atoms with E-state index in [2.05, 4.69) is 35.6 Å². The van der Waals surface area contributed by atoms with E-state index >= 15 is 0 Å². The minimum Gasteiger partial charge on any atom is -0.435 e. The average molecular weight is 577 g/mol. The van der Waals surface area contributed by atoms with Crippen molar-refractivity contribution in [2.45, 2.75) is 19.4 Å². The molecule has 13 nitrogen and oxygen atoms in total. The maximum atomic E-state index is 14.0. The first-order valence-electron chi connectivity index (χ1n) is 13.1. The van der Waals surface area contributed by atoms with Crippen molar-refractivity contribution in [3.63, 3.8) is 0 Å². The van der Waals surface area contributed by atoms with Crippen molar-refractivity contribution >= 4 is 28.7 Å². The fourth-order valence-corrected chi connectivity index (χ4v) is 5.01. The van der Waals surface area contributed by atoms with E-state index in [1.807, 2.05) is 30.3 Å². The number of imidazole rings is 1. The van der Waals surface area contributed by atoms with E-state index in [4.69, 9.17) is 4.42 Å². The fourth-order valence-electron chi connectivity index (χ4n) is 5.01. The standard InChI is InChI=1S/C27H26F2N10O3/c1-16(40)30-18-8-9-21-19(14-18)32-26(42-21)20-15-39(25(31-20)23(28)29)27(41)38-12-10-37(11-13-38)22(17-6-4-3-5-7-17)24-33-35-36(2)34-24/h3-9,14-15,22-23H,10-13H2,1-2H3,(H,30,40). The van der Waals surface area contributed by atoms with Crippen molar-refractivity contribution in [2.75, 3.05) is 31.5 Å². The summed E-state index contributed by atoms with van der Waals surface area (Å²) in [6.45, 7) is 2.86. The molecule has 1 aliphatic heterocycles. The highest BCUT2D eigenvalue weighted by Crippen LogP contribution is 2.30. The summed E-state index contributed by atoms with van der Waals surface area (Å²) in [6.07, 6.45) is -1.80. The number of hydrogen-bond donors (Lipinski definition) is 1. The smallest absolute Gasteiger partial charge is 0.329 e. The number of oxazole rings is 1. The zero-order valence-electron chi connectivity index (χ0n) is 22.7. The summed E-state index contributed by atoms with van der Waals surface area (Å²) in [5.74, 6) is -0.445. The van der Waals surface area contributed by atoms with E-state index in [0.29, 0.717) is 35.7 Å². The van der Waals surface area contributed by atoms with Gasteiger partial charge in [0.05, 0.1) is 13.1 Å². The molecule has 4 heterocycles. The van der Waals surface area contributed by atoms with Gasteiger partial charge in [0.2, 0.25) is 11.8 Å². The Labute approximate surface area is 237 Å².